The Kier molecular flexibility index (Phi) is 5.31. The van der Waals surface area contributed by atoms with E-state index in [4.69, 9.17) is 5.73 Å². The topological polar surface area (TPSA) is 69.8 Å². The molecule has 6 nitrogen and oxygen atoms in total. The van der Waals surface area contributed by atoms with Gasteiger partial charge >= 0.3 is 0 Å². The molecule has 0 amide bonds. The van der Waals surface area contributed by atoms with Crippen LogP contribution in [0.25, 0.3) is 0 Å². The number of nitrogens with zero attached hydrogens (tertiary/aromatic N) is 4. The number of pyridine rings is 1. The summed E-state index contributed by atoms with van der Waals surface area (Å²) >= 11 is 0. The van der Waals surface area contributed by atoms with Gasteiger partial charge in [0.25, 0.3) is 0 Å². The lowest BCUT2D eigenvalue weighted by molar-refractivity contribution is 0.584. The number of benzene rings is 1. The van der Waals surface area contributed by atoms with E-state index in [9.17, 15) is 8.78 Å². The molecule has 0 aliphatic carbocycles. The summed E-state index contributed by atoms with van der Waals surface area (Å²) in [7, 11) is 0. The Morgan fingerprint density at radius 1 is 1.31 bits per heavy atom. The van der Waals surface area contributed by atoms with Crippen molar-refractivity contribution in [3.8, 4) is 0 Å². The standard InChI is InChI=1S/C18H20F2N6/c1-2-4-24-18(21)26(16-9-13(19)8-14(20)10-16)17-11-15(3-5-23-17)25-7-6-22-12-25/h3,5-11,22H,2,4,12H2,1H3,(H2,21,24). The highest BCUT2D eigenvalue weighted by Gasteiger charge is 2.18. The summed E-state index contributed by atoms with van der Waals surface area (Å²) < 4.78 is 27.5. The number of hydrogen-bond acceptors (Lipinski definition) is 4. The van der Waals surface area contributed by atoms with Crippen molar-refractivity contribution in [3.63, 3.8) is 0 Å². The van der Waals surface area contributed by atoms with Crippen LogP contribution in [-0.4, -0.2) is 24.2 Å². The van der Waals surface area contributed by atoms with Gasteiger partial charge in [-0.05, 0) is 24.6 Å². The summed E-state index contributed by atoms with van der Waals surface area (Å²) in [5.74, 6) is -0.853. The van der Waals surface area contributed by atoms with Gasteiger partial charge in [0.2, 0.25) is 5.96 Å². The average molecular weight is 358 g/mol. The minimum absolute atomic E-state index is 0.122. The van der Waals surface area contributed by atoms with Crippen LogP contribution in [0, 0.1) is 11.6 Å². The molecule has 0 atom stereocenters. The number of nitrogens with two attached hydrogens (primary N) is 1. The number of guanidine groups is 1. The Morgan fingerprint density at radius 2 is 2.08 bits per heavy atom. The number of anilines is 3. The quantitative estimate of drug-likeness (QED) is 0.635. The van der Waals surface area contributed by atoms with E-state index in [1.807, 2.05) is 30.3 Å². The average Bonchev–Trinajstić information content (AvgIpc) is 3.14. The van der Waals surface area contributed by atoms with Gasteiger partial charge in [0, 0.05) is 43.0 Å². The predicted molar refractivity (Wildman–Crippen MR) is 99.1 cm³/mol. The summed E-state index contributed by atoms with van der Waals surface area (Å²) in [6.45, 7) is 3.09. The minimum atomic E-state index is -0.698. The molecule has 0 radical (unpaired) electrons. The third kappa shape index (κ3) is 3.90. The Balaban J connectivity index is 2.05. The highest BCUT2D eigenvalue weighted by Crippen LogP contribution is 2.28. The van der Waals surface area contributed by atoms with Gasteiger partial charge in [-0.3, -0.25) is 9.89 Å². The summed E-state index contributed by atoms with van der Waals surface area (Å²) in [6, 6.07) is 6.83. The van der Waals surface area contributed by atoms with E-state index in [1.165, 1.54) is 17.0 Å². The van der Waals surface area contributed by atoms with Gasteiger partial charge in [0.05, 0.1) is 12.4 Å². The molecule has 2 aromatic rings. The summed E-state index contributed by atoms with van der Waals surface area (Å²) in [6.07, 6.45) is 6.13. The molecule has 1 aromatic carbocycles. The first-order valence-corrected chi connectivity index (χ1v) is 8.27. The van der Waals surface area contributed by atoms with Crippen LogP contribution in [0.4, 0.5) is 26.0 Å². The third-order valence-corrected chi connectivity index (χ3v) is 3.76. The van der Waals surface area contributed by atoms with Crippen molar-refractivity contribution in [2.45, 2.75) is 13.3 Å². The van der Waals surface area contributed by atoms with E-state index >= 15 is 0 Å². The molecular weight excluding hydrogens is 338 g/mol. The second-order valence-corrected chi connectivity index (χ2v) is 5.72. The first-order valence-electron chi connectivity index (χ1n) is 8.27. The molecule has 0 bridgehead atoms. The van der Waals surface area contributed by atoms with Crippen molar-refractivity contribution in [2.75, 3.05) is 23.0 Å². The van der Waals surface area contributed by atoms with Crippen LogP contribution >= 0.6 is 0 Å². The van der Waals surface area contributed by atoms with Crippen molar-refractivity contribution < 1.29 is 8.78 Å². The van der Waals surface area contributed by atoms with E-state index in [-0.39, 0.29) is 11.6 Å². The lowest BCUT2D eigenvalue weighted by atomic mass is 10.2. The molecule has 8 heteroatoms. The number of hydrogen-bond donors (Lipinski definition) is 2. The van der Waals surface area contributed by atoms with Gasteiger partial charge in [-0.1, -0.05) is 6.92 Å². The maximum atomic E-state index is 13.8. The molecule has 26 heavy (non-hydrogen) atoms. The normalized spacial score (nSPS) is 13.8. The van der Waals surface area contributed by atoms with E-state index in [2.05, 4.69) is 15.3 Å². The second kappa shape index (κ2) is 7.81. The molecule has 1 aliphatic heterocycles. The Labute approximate surface area is 150 Å². The molecule has 136 valence electrons. The molecule has 3 rings (SSSR count). The molecular formula is C18H20F2N6. The first kappa shape index (κ1) is 17.7. The lowest BCUT2D eigenvalue weighted by Gasteiger charge is -2.24. The zero-order chi connectivity index (χ0) is 18.5. The molecule has 0 unspecified atom stereocenters. The fraction of sp³-hybridized carbons (Fsp3) is 0.222. The molecule has 0 saturated carbocycles. The van der Waals surface area contributed by atoms with E-state index < -0.39 is 11.6 Å². The molecule has 1 aliphatic rings. The van der Waals surface area contributed by atoms with E-state index in [1.54, 1.807) is 12.3 Å². The third-order valence-electron chi connectivity index (χ3n) is 3.76. The van der Waals surface area contributed by atoms with Gasteiger partial charge in [-0.15, -0.1) is 0 Å². The largest absolute Gasteiger partial charge is 0.372 e. The fourth-order valence-electron chi connectivity index (χ4n) is 2.58. The Hall–Kier alpha value is -3.16. The molecule has 1 aromatic heterocycles. The molecule has 3 N–H and O–H groups in total. The predicted octanol–water partition coefficient (Wildman–Crippen LogP) is 3.06. The Morgan fingerprint density at radius 3 is 2.73 bits per heavy atom. The number of halogens is 2. The van der Waals surface area contributed by atoms with Crippen LogP contribution in [0.2, 0.25) is 0 Å². The maximum absolute atomic E-state index is 13.8. The van der Waals surface area contributed by atoms with Crippen molar-refractivity contribution in [3.05, 3.63) is 60.6 Å². The van der Waals surface area contributed by atoms with Gasteiger partial charge in [0.1, 0.15) is 17.5 Å². The maximum Gasteiger partial charge on any atom is 0.201 e. The number of nitrogens with one attached hydrogen (secondary N) is 1. The highest BCUT2D eigenvalue weighted by molar-refractivity contribution is 6.01. The van der Waals surface area contributed by atoms with Crippen molar-refractivity contribution in [2.24, 2.45) is 10.7 Å². The molecule has 2 heterocycles. The monoisotopic (exact) mass is 358 g/mol. The Bertz CT molecular complexity index is 816. The van der Waals surface area contributed by atoms with Crippen molar-refractivity contribution in [1.29, 1.82) is 0 Å². The molecule has 0 spiro atoms. The van der Waals surface area contributed by atoms with Gasteiger partial charge in [0.15, 0.2) is 0 Å². The SMILES string of the molecule is CCCN=C(N)N(c1cc(F)cc(F)c1)c1cc(N2C=CNC2)ccn1. The zero-order valence-electron chi connectivity index (χ0n) is 14.4. The van der Waals surface area contributed by atoms with Crippen LogP contribution in [0.1, 0.15) is 13.3 Å². The summed E-state index contributed by atoms with van der Waals surface area (Å²) in [4.78, 5) is 12.0. The molecule has 0 fully saturated rings. The van der Waals surface area contributed by atoms with Crippen LogP contribution in [0.3, 0.4) is 0 Å². The van der Waals surface area contributed by atoms with Crippen molar-refractivity contribution in [1.82, 2.24) is 10.3 Å². The van der Waals surface area contributed by atoms with E-state index in [0.29, 0.717) is 19.0 Å². The fourth-order valence-corrected chi connectivity index (χ4v) is 2.58. The summed E-state index contributed by atoms with van der Waals surface area (Å²) in [5.41, 5.74) is 7.21. The number of aromatic nitrogens is 1. The van der Waals surface area contributed by atoms with E-state index in [0.717, 1.165) is 18.2 Å². The van der Waals surface area contributed by atoms with Crippen LogP contribution in [0.15, 0.2) is 53.9 Å². The molecule has 0 saturated heterocycles. The zero-order valence-corrected chi connectivity index (χ0v) is 14.4. The van der Waals surface area contributed by atoms with Gasteiger partial charge < -0.3 is 16.0 Å². The highest BCUT2D eigenvalue weighted by atomic mass is 19.1. The number of rotatable bonds is 5. The van der Waals surface area contributed by atoms with Crippen LogP contribution in [-0.2, 0) is 0 Å². The first-order chi connectivity index (χ1) is 12.6. The number of aliphatic imine (C=N–C) groups is 1. The minimum Gasteiger partial charge on any atom is -0.372 e. The smallest absolute Gasteiger partial charge is 0.201 e. The summed E-state index contributed by atoms with van der Waals surface area (Å²) in [5, 5.41) is 3.08. The van der Waals surface area contributed by atoms with Crippen LogP contribution < -0.4 is 20.9 Å². The lowest BCUT2D eigenvalue weighted by Crippen LogP contribution is -2.34. The van der Waals surface area contributed by atoms with Gasteiger partial charge in [-0.25, -0.2) is 13.8 Å². The van der Waals surface area contributed by atoms with Crippen LogP contribution in [0.5, 0.6) is 0 Å². The van der Waals surface area contributed by atoms with Crippen molar-refractivity contribution >= 4 is 23.2 Å². The second-order valence-electron chi connectivity index (χ2n) is 5.72. The van der Waals surface area contributed by atoms with Gasteiger partial charge in [-0.2, -0.15) is 0 Å².